The summed E-state index contributed by atoms with van der Waals surface area (Å²) in [5.74, 6) is 0.908. The maximum atomic E-state index is 6.89. The van der Waals surface area contributed by atoms with Gasteiger partial charge in [-0.1, -0.05) is 100 Å². The van der Waals surface area contributed by atoms with Crippen molar-refractivity contribution in [2.45, 2.75) is 39.5 Å². The third-order valence-corrected chi connectivity index (χ3v) is 15.4. The van der Waals surface area contributed by atoms with E-state index in [1.165, 1.54) is 11.1 Å². The number of hydrogen-bond donors (Lipinski definition) is 0. The second-order valence-electron chi connectivity index (χ2n) is 20.5. The largest absolute Gasteiger partial charge is 0.456 e. The van der Waals surface area contributed by atoms with Gasteiger partial charge < -0.3 is 27.5 Å². The molecule has 15 aromatic rings. The van der Waals surface area contributed by atoms with Crippen molar-refractivity contribution in [2.24, 2.45) is 0 Å². The van der Waals surface area contributed by atoms with Crippen molar-refractivity contribution in [3.05, 3.63) is 217 Å². The van der Waals surface area contributed by atoms with Crippen molar-refractivity contribution in [1.29, 1.82) is 0 Å². The summed E-state index contributed by atoms with van der Waals surface area (Å²) in [7, 11) is 0. The van der Waals surface area contributed by atoms with E-state index in [9.17, 15) is 0 Å². The van der Waals surface area contributed by atoms with Crippen molar-refractivity contribution in [1.82, 2.24) is 0 Å². The highest BCUT2D eigenvalue weighted by atomic mass is 16.4. The van der Waals surface area contributed by atoms with Crippen LogP contribution in [-0.4, -0.2) is 0 Å². The van der Waals surface area contributed by atoms with E-state index < -0.39 is 0 Å². The molecule has 4 aromatic heterocycles. The summed E-state index contributed by atoms with van der Waals surface area (Å²) in [6, 6.07) is 74.0. The second kappa shape index (κ2) is 16.1. The fraction of sp³-hybridized carbons (Fsp3) is 0.0882. The zero-order valence-electron chi connectivity index (χ0n) is 41.3. The van der Waals surface area contributed by atoms with E-state index in [0.29, 0.717) is 11.8 Å². The SMILES string of the molecule is CC(C)c1ccc(N(c2ccc(C(C)C)cc2)c2ccc3cc4c(cc3c2)oc2c4ccc3c4cc5ccc(N(c6ccc7oc8ccccc8c7c6)c6ccc7oc8ccccc8c7c6)cc5cc4oc32)cc1. The van der Waals surface area contributed by atoms with Crippen molar-refractivity contribution in [2.75, 3.05) is 9.80 Å². The monoisotopic (exact) mass is 956 g/mol. The summed E-state index contributed by atoms with van der Waals surface area (Å²) in [5, 5.41) is 12.9. The van der Waals surface area contributed by atoms with Gasteiger partial charge in [-0.3, -0.25) is 0 Å². The van der Waals surface area contributed by atoms with E-state index in [0.717, 1.165) is 143 Å². The van der Waals surface area contributed by atoms with Gasteiger partial charge in [-0.2, -0.15) is 0 Å². The minimum absolute atomic E-state index is 0.454. The quantitative estimate of drug-likeness (QED) is 0.151. The number of furan rings is 4. The Hall–Kier alpha value is -9.26. The van der Waals surface area contributed by atoms with Gasteiger partial charge in [-0.25, -0.2) is 0 Å². The molecule has 0 N–H and O–H groups in total. The predicted octanol–water partition coefficient (Wildman–Crippen LogP) is 20.8. The van der Waals surface area contributed by atoms with Crippen LogP contribution in [0.2, 0.25) is 0 Å². The number of rotatable bonds is 8. The first-order valence-electron chi connectivity index (χ1n) is 25.6. The van der Waals surface area contributed by atoms with Crippen molar-refractivity contribution in [3.8, 4) is 0 Å². The summed E-state index contributed by atoms with van der Waals surface area (Å²) >= 11 is 0. The molecule has 0 amide bonds. The van der Waals surface area contributed by atoms with E-state index in [1.54, 1.807) is 0 Å². The lowest BCUT2D eigenvalue weighted by atomic mass is 10.0. The number of fused-ring (bicyclic) bond motifs is 15. The maximum Gasteiger partial charge on any atom is 0.178 e. The highest BCUT2D eigenvalue weighted by Crippen LogP contribution is 2.46. The normalized spacial score (nSPS) is 12.3. The van der Waals surface area contributed by atoms with Crippen molar-refractivity contribution in [3.63, 3.8) is 0 Å². The number of benzene rings is 11. The number of anilines is 6. The van der Waals surface area contributed by atoms with Crippen LogP contribution in [0.3, 0.4) is 0 Å². The Bertz CT molecular complexity index is 4570. The van der Waals surface area contributed by atoms with Gasteiger partial charge in [0.1, 0.15) is 33.5 Å². The number of para-hydroxylation sites is 2. The molecule has 0 aliphatic rings. The summed E-state index contributed by atoms with van der Waals surface area (Å²) < 4.78 is 26.3. The molecule has 0 aliphatic carbocycles. The van der Waals surface area contributed by atoms with Gasteiger partial charge in [0, 0.05) is 77.2 Å². The molecule has 4 heterocycles. The van der Waals surface area contributed by atoms with Crippen molar-refractivity contribution < 1.29 is 17.7 Å². The van der Waals surface area contributed by atoms with Crippen LogP contribution >= 0.6 is 0 Å². The van der Waals surface area contributed by atoms with Crippen LogP contribution in [0.1, 0.15) is 50.7 Å². The van der Waals surface area contributed by atoms with Crippen molar-refractivity contribution >= 4 is 143 Å². The van der Waals surface area contributed by atoms with Crippen LogP contribution in [0.5, 0.6) is 0 Å². The van der Waals surface area contributed by atoms with Crippen LogP contribution in [0.4, 0.5) is 34.1 Å². The van der Waals surface area contributed by atoms with Gasteiger partial charge in [-0.05, 0) is 178 Å². The van der Waals surface area contributed by atoms with Gasteiger partial charge in [0.25, 0.3) is 0 Å². The molecule has 74 heavy (non-hydrogen) atoms. The average molecular weight is 957 g/mol. The molecule has 0 saturated heterocycles. The first kappa shape index (κ1) is 42.4. The zero-order valence-corrected chi connectivity index (χ0v) is 41.3. The molecule has 354 valence electrons. The van der Waals surface area contributed by atoms with Gasteiger partial charge in [-0.15, -0.1) is 0 Å². The molecule has 0 aliphatic heterocycles. The highest BCUT2D eigenvalue weighted by Gasteiger charge is 2.22. The summed E-state index contributed by atoms with van der Waals surface area (Å²) in [5.41, 5.74) is 15.6. The lowest BCUT2D eigenvalue weighted by Gasteiger charge is -2.26. The lowest BCUT2D eigenvalue weighted by molar-refractivity contribution is 0.634. The summed E-state index contributed by atoms with van der Waals surface area (Å²) in [4.78, 5) is 4.67. The Morgan fingerprint density at radius 3 is 1.07 bits per heavy atom. The van der Waals surface area contributed by atoms with E-state index in [-0.39, 0.29) is 0 Å². The molecular formula is C68H48N2O4. The zero-order chi connectivity index (χ0) is 49.3. The van der Waals surface area contributed by atoms with E-state index in [4.69, 9.17) is 17.7 Å². The predicted molar refractivity (Wildman–Crippen MR) is 308 cm³/mol. The third kappa shape index (κ3) is 6.64. The average Bonchev–Trinajstić information content (AvgIpc) is 4.20. The van der Waals surface area contributed by atoms with Gasteiger partial charge in [0.2, 0.25) is 0 Å². The molecule has 6 heteroatoms. The van der Waals surface area contributed by atoms with Gasteiger partial charge >= 0.3 is 0 Å². The molecule has 0 unspecified atom stereocenters. The first-order valence-corrected chi connectivity index (χ1v) is 25.6. The molecule has 0 radical (unpaired) electrons. The Kier molecular flexibility index (Phi) is 9.24. The Labute approximate surface area is 425 Å². The Morgan fingerprint density at radius 1 is 0.257 bits per heavy atom. The smallest absolute Gasteiger partial charge is 0.178 e. The molecule has 11 aromatic carbocycles. The molecule has 0 fully saturated rings. The van der Waals surface area contributed by atoms with Crippen LogP contribution in [0, 0.1) is 0 Å². The fourth-order valence-electron chi connectivity index (χ4n) is 11.4. The lowest BCUT2D eigenvalue weighted by Crippen LogP contribution is -2.10. The number of hydrogen-bond acceptors (Lipinski definition) is 6. The van der Waals surface area contributed by atoms with Crippen LogP contribution < -0.4 is 9.80 Å². The summed E-state index contributed by atoms with van der Waals surface area (Å²) in [6.07, 6.45) is 0. The van der Waals surface area contributed by atoms with Crippen LogP contribution in [0.15, 0.2) is 224 Å². The van der Waals surface area contributed by atoms with Crippen LogP contribution in [-0.2, 0) is 0 Å². The van der Waals surface area contributed by atoms with E-state index >= 15 is 0 Å². The molecule has 0 atom stereocenters. The molecule has 0 bridgehead atoms. The van der Waals surface area contributed by atoms with E-state index in [1.807, 2.05) is 24.3 Å². The first-order chi connectivity index (χ1) is 36.3. The molecular weight excluding hydrogens is 909 g/mol. The minimum Gasteiger partial charge on any atom is -0.456 e. The maximum absolute atomic E-state index is 6.89. The Morgan fingerprint density at radius 2 is 0.622 bits per heavy atom. The molecule has 6 nitrogen and oxygen atoms in total. The summed E-state index contributed by atoms with van der Waals surface area (Å²) in [6.45, 7) is 8.95. The highest BCUT2D eigenvalue weighted by molar-refractivity contribution is 6.21. The molecule has 0 saturated carbocycles. The topological polar surface area (TPSA) is 59.0 Å². The molecule has 15 rings (SSSR count). The second-order valence-corrected chi connectivity index (χ2v) is 20.5. The number of nitrogens with zero attached hydrogens (tertiary/aromatic N) is 2. The van der Waals surface area contributed by atoms with E-state index in [2.05, 4.69) is 219 Å². The standard InChI is InChI=1S/C68H48N2O4/c1-39(2)41-13-19-47(20-14-41)69(48-21-15-42(16-22-48)40(3)4)49-23-17-43-33-57-55-27-28-56-58-34-44-18-24-50(32-46(44)36-66(58)74-68(56)67(55)73-65(57)35-45(43)31-49)70(51-25-29-63-59(37-51)53-9-5-7-11-61(53)71-63)52-26-30-64-60(38-52)54-10-6-8-12-62(54)72-64/h5-40H,1-4H3. The third-order valence-electron chi connectivity index (χ3n) is 15.4. The van der Waals surface area contributed by atoms with Gasteiger partial charge in [0.15, 0.2) is 11.2 Å². The minimum atomic E-state index is 0.454. The fourth-order valence-corrected chi connectivity index (χ4v) is 11.4. The van der Waals surface area contributed by atoms with Crippen LogP contribution in [0.25, 0.3) is 109 Å². The van der Waals surface area contributed by atoms with Gasteiger partial charge in [0.05, 0.1) is 0 Å². The Balaban J connectivity index is 0.845. The molecule has 0 spiro atoms.